The standard InChI is InChI=1S/C9H7NO2S2/c1-13-9-10-6-4-5(8(11)12)2-3-7(6)14-9/h2-4H,1H3,(H,11,12). The molecule has 2 rings (SSSR count). The van der Waals surface area contributed by atoms with Crippen LogP contribution < -0.4 is 0 Å². The first-order valence-corrected chi connectivity index (χ1v) is 5.92. The van der Waals surface area contributed by atoms with Crippen LogP contribution in [0.3, 0.4) is 0 Å². The Labute approximate surface area is 88.8 Å². The number of carbonyl (C=O) groups is 1. The van der Waals surface area contributed by atoms with Gasteiger partial charge in [-0.2, -0.15) is 0 Å². The van der Waals surface area contributed by atoms with E-state index < -0.39 is 5.97 Å². The van der Waals surface area contributed by atoms with Crippen LogP contribution >= 0.6 is 23.1 Å². The number of benzene rings is 1. The van der Waals surface area contributed by atoms with Crippen LogP contribution in [0.5, 0.6) is 0 Å². The predicted molar refractivity (Wildman–Crippen MR) is 58.4 cm³/mol. The van der Waals surface area contributed by atoms with Crippen LogP contribution in [0.4, 0.5) is 0 Å². The summed E-state index contributed by atoms with van der Waals surface area (Å²) in [4.78, 5) is 15.0. The highest BCUT2D eigenvalue weighted by Gasteiger charge is 2.07. The summed E-state index contributed by atoms with van der Waals surface area (Å²) in [6, 6.07) is 5.01. The van der Waals surface area contributed by atoms with Gasteiger partial charge in [-0.3, -0.25) is 0 Å². The molecule has 0 aliphatic rings. The summed E-state index contributed by atoms with van der Waals surface area (Å²) in [5.41, 5.74) is 1.05. The van der Waals surface area contributed by atoms with Crippen LogP contribution in [0.25, 0.3) is 10.2 Å². The molecule has 0 unspecified atom stereocenters. The Hall–Kier alpha value is -1.07. The molecule has 0 amide bonds. The summed E-state index contributed by atoms with van der Waals surface area (Å²) in [6.45, 7) is 0. The second kappa shape index (κ2) is 3.59. The first kappa shape index (κ1) is 9.48. The number of hydrogen-bond acceptors (Lipinski definition) is 4. The van der Waals surface area contributed by atoms with E-state index in [-0.39, 0.29) is 5.56 Å². The zero-order valence-electron chi connectivity index (χ0n) is 7.35. The van der Waals surface area contributed by atoms with Crippen LogP contribution in [0.15, 0.2) is 22.5 Å². The van der Waals surface area contributed by atoms with Gasteiger partial charge in [0.2, 0.25) is 0 Å². The molecule has 1 aromatic heterocycles. The molecule has 0 fully saturated rings. The maximum atomic E-state index is 10.7. The number of carboxylic acid groups (broad SMARTS) is 1. The van der Waals surface area contributed by atoms with Gasteiger partial charge in [0.25, 0.3) is 0 Å². The van der Waals surface area contributed by atoms with E-state index in [4.69, 9.17) is 5.11 Å². The van der Waals surface area contributed by atoms with Gasteiger partial charge in [-0.15, -0.1) is 11.3 Å². The van der Waals surface area contributed by atoms with Gasteiger partial charge >= 0.3 is 5.97 Å². The quantitative estimate of drug-likeness (QED) is 0.798. The van der Waals surface area contributed by atoms with Gasteiger partial charge in [0.1, 0.15) is 0 Å². The van der Waals surface area contributed by atoms with Crippen LogP contribution in [-0.4, -0.2) is 22.3 Å². The maximum absolute atomic E-state index is 10.7. The number of aromatic nitrogens is 1. The van der Waals surface area contributed by atoms with Crippen molar-refractivity contribution in [2.75, 3.05) is 6.26 Å². The van der Waals surface area contributed by atoms with Crippen LogP contribution in [0.1, 0.15) is 10.4 Å². The zero-order valence-corrected chi connectivity index (χ0v) is 8.98. The second-order valence-corrected chi connectivity index (χ2v) is 4.76. The van der Waals surface area contributed by atoms with Crippen LogP contribution in [0, 0.1) is 0 Å². The lowest BCUT2D eigenvalue weighted by Crippen LogP contribution is -1.94. The van der Waals surface area contributed by atoms with Crippen molar-refractivity contribution in [2.24, 2.45) is 0 Å². The number of aromatic carboxylic acids is 1. The molecular weight excluding hydrogens is 218 g/mol. The van der Waals surface area contributed by atoms with Crippen LogP contribution in [-0.2, 0) is 0 Å². The van der Waals surface area contributed by atoms with E-state index in [1.54, 1.807) is 41.3 Å². The molecule has 0 atom stereocenters. The summed E-state index contributed by atoms with van der Waals surface area (Å²) < 4.78 is 1.99. The van der Waals surface area contributed by atoms with Crippen molar-refractivity contribution in [1.82, 2.24) is 4.98 Å². The molecule has 3 nitrogen and oxygen atoms in total. The lowest BCUT2D eigenvalue weighted by Gasteiger charge is -1.91. The monoisotopic (exact) mass is 225 g/mol. The Balaban J connectivity index is 2.59. The molecule has 0 aliphatic heterocycles. The van der Waals surface area contributed by atoms with E-state index in [1.807, 2.05) is 6.26 Å². The van der Waals surface area contributed by atoms with Crippen molar-refractivity contribution in [3.63, 3.8) is 0 Å². The van der Waals surface area contributed by atoms with E-state index in [0.717, 1.165) is 14.6 Å². The molecule has 0 radical (unpaired) electrons. The molecule has 0 saturated heterocycles. The van der Waals surface area contributed by atoms with Crippen molar-refractivity contribution in [3.8, 4) is 0 Å². The van der Waals surface area contributed by atoms with Gasteiger partial charge in [-0.25, -0.2) is 9.78 Å². The minimum absolute atomic E-state index is 0.287. The molecule has 0 saturated carbocycles. The molecule has 14 heavy (non-hydrogen) atoms. The third-order valence-electron chi connectivity index (χ3n) is 1.79. The fraction of sp³-hybridized carbons (Fsp3) is 0.111. The summed E-state index contributed by atoms with van der Waals surface area (Å²) in [6.07, 6.45) is 1.95. The Morgan fingerprint density at radius 3 is 3.00 bits per heavy atom. The number of carboxylic acids is 1. The van der Waals surface area contributed by atoms with Crippen molar-refractivity contribution in [1.29, 1.82) is 0 Å². The van der Waals surface area contributed by atoms with Crippen molar-refractivity contribution < 1.29 is 9.90 Å². The van der Waals surface area contributed by atoms with E-state index in [2.05, 4.69) is 4.98 Å². The van der Waals surface area contributed by atoms with Gasteiger partial charge in [0, 0.05) is 0 Å². The Bertz CT molecular complexity index is 493. The number of thioether (sulfide) groups is 1. The number of hydrogen-bond donors (Lipinski definition) is 1. The molecule has 1 aromatic carbocycles. The normalized spacial score (nSPS) is 10.6. The van der Waals surface area contributed by atoms with Crippen molar-refractivity contribution in [2.45, 2.75) is 4.34 Å². The van der Waals surface area contributed by atoms with Gasteiger partial charge in [-0.1, -0.05) is 11.8 Å². The SMILES string of the molecule is CSc1nc2cc(C(=O)O)ccc2s1. The fourth-order valence-electron chi connectivity index (χ4n) is 1.13. The molecule has 1 heterocycles. The average molecular weight is 225 g/mol. The van der Waals surface area contributed by atoms with Gasteiger partial charge < -0.3 is 5.11 Å². The van der Waals surface area contributed by atoms with E-state index in [9.17, 15) is 4.79 Å². The highest BCUT2D eigenvalue weighted by Crippen LogP contribution is 2.28. The van der Waals surface area contributed by atoms with E-state index >= 15 is 0 Å². The first-order valence-electron chi connectivity index (χ1n) is 3.88. The first-order chi connectivity index (χ1) is 6.70. The average Bonchev–Trinajstić information content (AvgIpc) is 2.58. The lowest BCUT2D eigenvalue weighted by molar-refractivity contribution is 0.0697. The van der Waals surface area contributed by atoms with Crippen molar-refractivity contribution >= 4 is 39.3 Å². The van der Waals surface area contributed by atoms with E-state index in [0.29, 0.717) is 0 Å². The highest BCUT2D eigenvalue weighted by molar-refractivity contribution is 8.00. The maximum Gasteiger partial charge on any atom is 0.335 e. The fourth-order valence-corrected chi connectivity index (χ4v) is 2.60. The molecule has 0 bridgehead atoms. The summed E-state index contributed by atoms with van der Waals surface area (Å²) in [5.74, 6) is -0.911. The summed E-state index contributed by atoms with van der Waals surface area (Å²) in [5, 5.41) is 8.78. The van der Waals surface area contributed by atoms with Gasteiger partial charge in [-0.05, 0) is 24.5 Å². The second-order valence-electron chi connectivity index (χ2n) is 2.67. The molecule has 0 aliphatic carbocycles. The van der Waals surface area contributed by atoms with E-state index in [1.165, 1.54) is 0 Å². The molecule has 0 spiro atoms. The summed E-state index contributed by atoms with van der Waals surface area (Å²) in [7, 11) is 0. The Morgan fingerprint density at radius 1 is 1.57 bits per heavy atom. The lowest BCUT2D eigenvalue weighted by atomic mass is 10.2. The Morgan fingerprint density at radius 2 is 2.36 bits per heavy atom. The number of fused-ring (bicyclic) bond motifs is 1. The summed E-state index contributed by atoms with van der Waals surface area (Å²) >= 11 is 3.15. The Kier molecular flexibility index (Phi) is 2.43. The molecule has 72 valence electrons. The highest BCUT2D eigenvalue weighted by atomic mass is 32.2. The van der Waals surface area contributed by atoms with Crippen molar-refractivity contribution in [3.05, 3.63) is 23.8 Å². The number of nitrogens with zero attached hydrogens (tertiary/aromatic N) is 1. The number of thiazole rings is 1. The topological polar surface area (TPSA) is 50.2 Å². The molecule has 2 aromatic rings. The predicted octanol–water partition coefficient (Wildman–Crippen LogP) is 2.72. The van der Waals surface area contributed by atoms with Gasteiger partial charge in [0.05, 0.1) is 15.8 Å². The third-order valence-corrected chi connectivity index (χ3v) is 3.81. The zero-order chi connectivity index (χ0) is 10.1. The minimum atomic E-state index is -0.911. The molecule has 1 N–H and O–H groups in total. The molecular formula is C9H7NO2S2. The third kappa shape index (κ3) is 1.60. The van der Waals surface area contributed by atoms with Gasteiger partial charge in [0.15, 0.2) is 4.34 Å². The largest absolute Gasteiger partial charge is 0.478 e. The number of rotatable bonds is 2. The minimum Gasteiger partial charge on any atom is -0.478 e. The smallest absolute Gasteiger partial charge is 0.335 e. The van der Waals surface area contributed by atoms with Crippen LogP contribution in [0.2, 0.25) is 0 Å². The molecule has 5 heteroatoms.